The van der Waals surface area contributed by atoms with Crippen LogP contribution in [0.4, 0.5) is 0 Å². The molecule has 4 nitrogen and oxygen atoms in total. The molecule has 0 atom stereocenters. The zero-order valence-corrected chi connectivity index (χ0v) is 16.7. The van der Waals surface area contributed by atoms with Crippen molar-refractivity contribution in [2.45, 2.75) is 46.4 Å². The van der Waals surface area contributed by atoms with Gasteiger partial charge in [-0.3, -0.25) is 9.89 Å². The minimum absolute atomic E-state index is 0.528. The Labute approximate surface area is 158 Å². The molecule has 0 fully saturated rings. The number of nitrogens with one attached hydrogen (secondary N) is 2. The second-order valence-corrected chi connectivity index (χ2v) is 7.05. The van der Waals surface area contributed by atoms with Crippen LogP contribution in [0.1, 0.15) is 36.1 Å². The van der Waals surface area contributed by atoms with E-state index < -0.39 is 0 Å². The average Bonchev–Trinajstić information content (AvgIpc) is 2.63. The van der Waals surface area contributed by atoms with E-state index in [1.807, 2.05) is 7.05 Å². The highest BCUT2D eigenvalue weighted by atomic mass is 15.2. The van der Waals surface area contributed by atoms with E-state index in [4.69, 9.17) is 0 Å². The summed E-state index contributed by atoms with van der Waals surface area (Å²) >= 11 is 0. The third-order valence-corrected chi connectivity index (χ3v) is 4.63. The monoisotopic (exact) mass is 352 g/mol. The number of hydrogen-bond donors (Lipinski definition) is 2. The first kappa shape index (κ1) is 20.0. The summed E-state index contributed by atoms with van der Waals surface area (Å²) < 4.78 is 0. The number of benzene rings is 2. The summed E-state index contributed by atoms with van der Waals surface area (Å²) in [6.07, 6.45) is 0. The molecule has 0 aromatic heterocycles. The third-order valence-electron chi connectivity index (χ3n) is 4.63. The molecule has 0 saturated carbocycles. The molecule has 0 bridgehead atoms. The Morgan fingerprint density at radius 1 is 1.00 bits per heavy atom. The lowest BCUT2D eigenvalue weighted by atomic mass is 10.1. The number of aliphatic imine (C=N–C) groups is 1. The Bertz CT molecular complexity index is 722. The van der Waals surface area contributed by atoms with Gasteiger partial charge in [-0.25, -0.2) is 0 Å². The van der Waals surface area contributed by atoms with Gasteiger partial charge in [-0.1, -0.05) is 54.1 Å². The molecule has 0 spiro atoms. The maximum atomic E-state index is 4.34. The summed E-state index contributed by atoms with van der Waals surface area (Å²) in [7, 11) is 3.97. The first-order valence-corrected chi connectivity index (χ1v) is 9.26. The fourth-order valence-corrected chi connectivity index (χ4v) is 2.74. The smallest absolute Gasteiger partial charge is 0.191 e. The molecule has 0 heterocycles. The van der Waals surface area contributed by atoms with Crippen molar-refractivity contribution in [3.8, 4) is 0 Å². The lowest BCUT2D eigenvalue weighted by Crippen LogP contribution is -2.36. The Balaban J connectivity index is 1.94. The molecule has 0 radical (unpaired) electrons. The molecular weight excluding hydrogens is 320 g/mol. The van der Waals surface area contributed by atoms with Crippen LogP contribution in [0.15, 0.2) is 53.5 Å². The van der Waals surface area contributed by atoms with E-state index >= 15 is 0 Å². The zero-order chi connectivity index (χ0) is 18.9. The molecule has 0 aliphatic carbocycles. The fraction of sp³-hybridized carbons (Fsp3) is 0.409. The van der Waals surface area contributed by atoms with Crippen molar-refractivity contribution >= 4 is 5.96 Å². The number of guanidine groups is 1. The van der Waals surface area contributed by atoms with Crippen molar-refractivity contribution in [2.24, 2.45) is 4.99 Å². The van der Waals surface area contributed by atoms with Crippen LogP contribution in [-0.2, 0) is 19.6 Å². The predicted octanol–water partition coefficient (Wildman–Crippen LogP) is 3.70. The van der Waals surface area contributed by atoms with Gasteiger partial charge in [-0.15, -0.1) is 0 Å². The van der Waals surface area contributed by atoms with Crippen LogP contribution in [0, 0.1) is 6.92 Å². The van der Waals surface area contributed by atoms with Gasteiger partial charge < -0.3 is 10.6 Å². The zero-order valence-electron chi connectivity index (χ0n) is 16.7. The van der Waals surface area contributed by atoms with Gasteiger partial charge in [0.1, 0.15) is 0 Å². The van der Waals surface area contributed by atoms with Crippen LogP contribution in [0.25, 0.3) is 0 Å². The van der Waals surface area contributed by atoms with Crippen LogP contribution < -0.4 is 10.6 Å². The topological polar surface area (TPSA) is 39.7 Å². The third kappa shape index (κ3) is 6.19. The second kappa shape index (κ2) is 9.97. The standard InChI is InChI=1S/C22H32N4/c1-17(2)26(5)16-21-12-7-6-11-20(21)15-25-22(23-4)24-14-19-10-8-9-18(3)13-19/h6-13,17H,14-16H2,1-5H3,(H2,23,24,25). The van der Waals surface area contributed by atoms with Gasteiger partial charge in [0.05, 0.1) is 0 Å². The Hall–Kier alpha value is -2.33. The summed E-state index contributed by atoms with van der Waals surface area (Å²) in [5, 5.41) is 6.82. The molecule has 0 aliphatic rings. The molecular formula is C22H32N4. The van der Waals surface area contributed by atoms with E-state index in [1.165, 1.54) is 22.3 Å². The van der Waals surface area contributed by atoms with Crippen LogP contribution in [-0.4, -0.2) is 31.0 Å². The highest BCUT2D eigenvalue weighted by molar-refractivity contribution is 5.79. The van der Waals surface area contributed by atoms with Gasteiger partial charge in [0.2, 0.25) is 0 Å². The van der Waals surface area contributed by atoms with E-state index in [2.05, 4.69) is 96.9 Å². The largest absolute Gasteiger partial charge is 0.352 e. The maximum Gasteiger partial charge on any atom is 0.191 e. The molecule has 2 aromatic rings. The number of nitrogens with zero attached hydrogens (tertiary/aromatic N) is 2. The molecule has 2 N–H and O–H groups in total. The van der Waals surface area contributed by atoms with Crippen molar-refractivity contribution in [3.63, 3.8) is 0 Å². The van der Waals surface area contributed by atoms with Crippen molar-refractivity contribution in [1.82, 2.24) is 15.5 Å². The number of rotatable bonds is 7. The van der Waals surface area contributed by atoms with Gasteiger partial charge in [0, 0.05) is 32.7 Å². The fourth-order valence-electron chi connectivity index (χ4n) is 2.74. The number of aryl methyl sites for hydroxylation is 1. The van der Waals surface area contributed by atoms with Gasteiger partial charge in [-0.2, -0.15) is 0 Å². The van der Waals surface area contributed by atoms with E-state index in [0.717, 1.165) is 25.6 Å². The van der Waals surface area contributed by atoms with E-state index in [0.29, 0.717) is 6.04 Å². The van der Waals surface area contributed by atoms with Crippen LogP contribution >= 0.6 is 0 Å². The highest BCUT2D eigenvalue weighted by Crippen LogP contribution is 2.12. The summed E-state index contributed by atoms with van der Waals surface area (Å²) in [5.74, 6) is 0.818. The van der Waals surface area contributed by atoms with E-state index in [1.54, 1.807) is 0 Å². The van der Waals surface area contributed by atoms with Crippen LogP contribution in [0.3, 0.4) is 0 Å². The van der Waals surface area contributed by atoms with Gasteiger partial charge in [0.15, 0.2) is 5.96 Å². The average molecular weight is 353 g/mol. The lowest BCUT2D eigenvalue weighted by Gasteiger charge is -2.23. The normalized spacial score (nSPS) is 11.9. The molecule has 2 rings (SSSR count). The summed E-state index contributed by atoms with van der Waals surface area (Å²) in [6, 6.07) is 17.6. The van der Waals surface area contributed by atoms with Crippen molar-refractivity contribution in [2.75, 3.05) is 14.1 Å². The first-order valence-electron chi connectivity index (χ1n) is 9.26. The molecule has 0 unspecified atom stereocenters. The van der Waals surface area contributed by atoms with Gasteiger partial charge in [0.25, 0.3) is 0 Å². The summed E-state index contributed by atoms with van der Waals surface area (Å²) in [5.41, 5.74) is 5.19. The minimum atomic E-state index is 0.528. The van der Waals surface area contributed by atoms with E-state index in [-0.39, 0.29) is 0 Å². The number of hydrogen-bond acceptors (Lipinski definition) is 2. The molecule has 140 valence electrons. The van der Waals surface area contributed by atoms with E-state index in [9.17, 15) is 0 Å². The maximum absolute atomic E-state index is 4.34. The van der Waals surface area contributed by atoms with Crippen molar-refractivity contribution in [3.05, 3.63) is 70.8 Å². The second-order valence-electron chi connectivity index (χ2n) is 7.05. The molecule has 0 amide bonds. The first-order chi connectivity index (χ1) is 12.5. The Kier molecular flexibility index (Phi) is 7.67. The van der Waals surface area contributed by atoms with Crippen molar-refractivity contribution < 1.29 is 0 Å². The van der Waals surface area contributed by atoms with Crippen LogP contribution in [0.2, 0.25) is 0 Å². The summed E-state index contributed by atoms with van der Waals surface area (Å²) in [6.45, 7) is 9.02. The molecule has 0 saturated heterocycles. The predicted molar refractivity (Wildman–Crippen MR) is 111 cm³/mol. The highest BCUT2D eigenvalue weighted by Gasteiger charge is 2.08. The molecule has 4 heteroatoms. The Morgan fingerprint density at radius 3 is 2.35 bits per heavy atom. The summed E-state index contributed by atoms with van der Waals surface area (Å²) in [4.78, 5) is 6.69. The van der Waals surface area contributed by atoms with Crippen LogP contribution in [0.5, 0.6) is 0 Å². The molecule has 0 aliphatic heterocycles. The quantitative estimate of drug-likeness (QED) is 0.590. The molecule has 2 aromatic carbocycles. The SMILES string of the molecule is CN=C(NCc1cccc(C)c1)NCc1ccccc1CN(C)C(C)C. The minimum Gasteiger partial charge on any atom is -0.352 e. The lowest BCUT2D eigenvalue weighted by molar-refractivity contribution is 0.265. The van der Waals surface area contributed by atoms with Gasteiger partial charge in [-0.05, 0) is 44.5 Å². The molecule has 26 heavy (non-hydrogen) atoms. The van der Waals surface area contributed by atoms with Crippen molar-refractivity contribution in [1.29, 1.82) is 0 Å². The Morgan fingerprint density at radius 2 is 1.69 bits per heavy atom. The van der Waals surface area contributed by atoms with Gasteiger partial charge >= 0.3 is 0 Å².